The number of guanidine groups is 1. The molecule has 3 aromatic rings. The van der Waals surface area contributed by atoms with E-state index in [2.05, 4.69) is 52.9 Å². The summed E-state index contributed by atoms with van der Waals surface area (Å²) >= 11 is 1.72. The Hall–Kier alpha value is -2.67. The van der Waals surface area contributed by atoms with Gasteiger partial charge in [-0.25, -0.2) is 14.7 Å². The number of aryl methyl sites for hydroxylation is 4. The molecule has 0 saturated heterocycles. The fourth-order valence-electron chi connectivity index (χ4n) is 3.15. The Labute approximate surface area is 177 Å². The summed E-state index contributed by atoms with van der Waals surface area (Å²) < 4.78 is 1.96. The van der Waals surface area contributed by atoms with Crippen molar-refractivity contribution in [2.24, 2.45) is 4.99 Å². The highest BCUT2D eigenvalue weighted by molar-refractivity contribution is 7.11. The lowest BCUT2D eigenvalue weighted by molar-refractivity contribution is 0.742. The Kier molecular flexibility index (Phi) is 7.41. The second-order valence-corrected chi connectivity index (χ2v) is 8.27. The fourth-order valence-corrected chi connectivity index (χ4v) is 4.01. The fraction of sp³-hybridized carbons (Fsp3) is 0.409. The van der Waals surface area contributed by atoms with E-state index in [0.29, 0.717) is 6.54 Å². The molecule has 0 aliphatic heterocycles. The van der Waals surface area contributed by atoms with Gasteiger partial charge < -0.3 is 10.6 Å². The van der Waals surface area contributed by atoms with E-state index >= 15 is 0 Å². The van der Waals surface area contributed by atoms with E-state index in [1.807, 2.05) is 36.7 Å². The molecular formula is C22H30N6S. The van der Waals surface area contributed by atoms with Gasteiger partial charge >= 0.3 is 0 Å². The summed E-state index contributed by atoms with van der Waals surface area (Å²) in [6.07, 6.45) is 4.14. The van der Waals surface area contributed by atoms with Crippen LogP contribution in [0.25, 0.3) is 5.69 Å². The zero-order valence-electron chi connectivity index (χ0n) is 17.7. The van der Waals surface area contributed by atoms with Crippen LogP contribution in [0.15, 0.2) is 41.5 Å². The summed E-state index contributed by atoms with van der Waals surface area (Å²) in [5.41, 5.74) is 4.55. The van der Waals surface area contributed by atoms with Gasteiger partial charge in [0.15, 0.2) is 5.96 Å². The van der Waals surface area contributed by atoms with E-state index in [1.54, 1.807) is 11.3 Å². The zero-order chi connectivity index (χ0) is 20.6. The highest BCUT2D eigenvalue weighted by atomic mass is 32.1. The smallest absolute Gasteiger partial charge is 0.191 e. The first-order chi connectivity index (χ1) is 14.1. The number of nitrogens with one attached hydrogen (secondary N) is 2. The van der Waals surface area contributed by atoms with Gasteiger partial charge in [-0.15, -0.1) is 11.3 Å². The lowest BCUT2D eigenvalue weighted by Crippen LogP contribution is -2.37. The second-order valence-electron chi connectivity index (χ2n) is 6.99. The van der Waals surface area contributed by atoms with Crippen LogP contribution in [-0.4, -0.2) is 33.8 Å². The van der Waals surface area contributed by atoms with Crippen LogP contribution in [0.3, 0.4) is 0 Å². The molecule has 2 N–H and O–H groups in total. The van der Waals surface area contributed by atoms with Crippen LogP contribution < -0.4 is 10.6 Å². The van der Waals surface area contributed by atoms with E-state index < -0.39 is 0 Å². The monoisotopic (exact) mass is 410 g/mol. The molecule has 0 aliphatic carbocycles. The zero-order valence-corrected chi connectivity index (χ0v) is 18.5. The van der Waals surface area contributed by atoms with Crippen LogP contribution in [0, 0.1) is 20.8 Å². The third-order valence-corrected chi connectivity index (χ3v) is 5.72. The Morgan fingerprint density at radius 1 is 1.10 bits per heavy atom. The number of hydrogen-bond acceptors (Lipinski definition) is 4. The minimum atomic E-state index is 0.662. The van der Waals surface area contributed by atoms with E-state index in [1.165, 1.54) is 10.4 Å². The lowest BCUT2D eigenvalue weighted by atomic mass is 10.1. The quantitative estimate of drug-likeness (QED) is 0.335. The lowest BCUT2D eigenvalue weighted by Gasteiger charge is -2.11. The van der Waals surface area contributed by atoms with Crippen LogP contribution in [0.5, 0.6) is 0 Å². The van der Waals surface area contributed by atoms with E-state index in [9.17, 15) is 0 Å². The molecule has 29 heavy (non-hydrogen) atoms. The Balaban J connectivity index is 1.52. The predicted octanol–water partition coefficient (Wildman–Crippen LogP) is 3.94. The van der Waals surface area contributed by atoms with Crippen LogP contribution >= 0.6 is 11.3 Å². The van der Waals surface area contributed by atoms with Crippen LogP contribution in [0.2, 0.25) is 0 Å². The molecule has 0 bridgehead atoms. The van der Waals surface area contributed by atoms with Gasteiger partial charge in [0, 0.05) is 24.2 Å². The minimum Gasteiger partial charge on any atom is -0.357 e. The summed E-state index contributed by atoms with van der Waals surface area (Å²) in [4.78, 5) is 10.4. The highest BCUT2D eigenvalue weighted by Gasteiger charge is 2.07. The Bertz CT molecular complexity index is 942. The molecule has 2 aromatic heterocycles. The molecule has 0 fully saturated rings. The van der Waals surface area contributed by atoms with Gasteiger partial charge in [-0.1, -0.05) is 18.2 Å². The molecule has 3 rings (SSSR count). The van der Waals surface area contributed by atoms with Gasteiger partial charge in [0.05, 0.1) is 28.6 Å². The standard InChI is InChI=1S/C22H30N6S/c1-5-23-22(25-14-21-17(3)26-18(4)29-21)24-13-9-10-19-15-28(27-16(19)2)20-11-7-6-8-12-20/h6-8,11-12,15H,5,9-10,13-14H2,1-4H3,(H2,23,24,25). The molecular weight excluding hydrogens is 380 g/mol. The Morgan fingerprint density at radius 3 is 2.59 bits per heavy atom. The van der Waals surface area contributed by atoms with Crippen LogP contribution in [0.4, 0.5) is 0 Å². The molecule has 0 atom stereocenters. The van der Waals surface area contributed by atoms with E-state index in [4.69, 9.17) is 4.99 Å². The third-order valence-electron chi connectivity index (χ3n) is 4.66. The van der Waals surface area contributed by atoms with Crippen molar-refractivity contribution in [2.45, 2.75) is 47.1 Å². The largest absolute Gasteiger partial charge is 0.357 e. The van der Waals surface area contributed by atoms with Crippen molar-refractivity contribution in [2.75, 3.05) is 13.1 Å². The number of aliphatic imine (C=N–C) groups is 1. The molecule has 1 aromatic carbocycles. The van der Waals surface area contributed by atoms with Gasteiger partial charge in [0.1, 0.15) is 0 Å². The van der Waals surface area contributed by atoms with E-state index in [0.717, 1.165) is 54.0 Å². The first-order valence-electron chi connectivity index (χ1n) is 10.1. The number of aromatic nitrogens is 3. The molecule has 0 saturated carbocycles. The molecule has 0 aliphatic rings. The first-order valence-corrected chi connectivity index (χ1v) is 10.9. The third kappa shape index (κ3) is 5.90. The normalized spacial score (nSPS) is 11.7. The molecule has 154 valence electrons. The summed E-state index contributed by atoms with van der Waals surface area (Å²) in [6.45, 7) is 10.6. The van der Waals surface area contributed by atoms with Crippen molar-refractivity contribution >= 4 is 17.3 Å². The van der Waals surface area contributed by atoms with Crippen LogP contribution in [0.1, 0.15) is 40.2 Å². The van der Waals surface area contributed by atoms with Gasteiger partial charge in [0.25, 0.3) is 0 Å². The van der Waals surface area contributed by atoms with Gasteiger partial charge in [-0.2, -0.15) is 5.10 Å². The van der Waals surface area contributed by atoms with Gasteiger partial charge in [-0.05, 0) is 58.2 Å². The number of benzene rings is 1. The van der Waals surface area contributed by atoms with Crippen molar-refractivity contribution < 1.29 is 0 Å². The van der Waals surface area contributed by atoms with Crippen LogP contribution in [-0.2, 0) is 13.0 Å². The number of rotatable bonds is 8. The number of thiazole rings is 1. The SMILES string of the molecule is CCNC(=NCc1sc(C)nc1C)NCCCc1cn(-c2ccccc2)nc1C. The van der Waals surface area contributed by atoms with Gasteiger partial charge in [0.2, 0.25) is 0 Å². The molecule has 0 spiro atoms. The molecule has 0 amide bonds. The van der Waals surface area contributed by atoms with E-state index in [-0.39, 0.29) is 0 Å². The molecule has 0 radical (unpaired) electrons. The van der Waals surface area contributed by atoms with Crippen molar-refractivity contribution in [1.29, 1.82) is 0 Å². The Morgan fingerprint density at radius 2 is 1.90 bits per heavy atom. The number of hydrogen-bond donors (Lipinski definition) is 2. The summed E-state index contributed by atoms with van der Waals surface area (Å²) in [6, 6.07) is 10.2. The maximum Gasteiger partial charge on any atom is 0.191 e. The molecule has 6 nitrogen and oxygen atoms in total. The number of nitrogens with zero attached hydrogens (tertiary/aromatic N) is 4. The summed E-state index contributed by atoms with van der Waals surface area (Å²) in [5, 5.41) is 12.5. The highest BCUT2D eigenvalue weighted by Crippen LogP contribution is 2.18. The van der Waals surface area contributed by atoms with Gasteiger partial charge in [-0.3, -0.25) is 0 Å². The van der Waals surface area contributed by atoms with Crippen molar-refractivity contribution in [3.8, 4) is 5.69 Å². The maximum atomic E-state index is 4.71. The molecule has 7 heteroatoms. The average molecular weight is 411 g/mol. The second kappa shape index (κ2) is 10.2. The van der Waals surface area contributed by atoms with Crippen molar-refractivity contribution in [1.82, 2.24) is 25.4 Å². The average Bonchev–Trinajstić information content (AvgIpc) is 3.24. The predicted molar refractivity (Wildman–Crippen MR) is 121 cm³/mol. The van der Waals surface area contributed by atoms with Crippen molar-refractivity contribution in [3.05, 3.63) is 63.4 Å². The maximum absolute atomic E-state index is 4.71. The summed E-state index contributed by atoms with van der Waals surface area (Å²) in [5.74, 6) is 0.856. The molecule has 0 unspecified atom stereocenters. The molecule has 2 heterocycles. The summed E-state index contributed by atoms with van der Waals surface area (Å²) in [7, 11) is 0. The minimum absolute atomic E-state index is 0.662. The number of para-hydroxylation sites is 1. The van der Waals surface area contributed by atoms with Crippen molar-refractivity contribution in [3.63, 3.8) is 0 Å². The topological polar surface area (TPSA) is 67.1 Å². The first kappa shape index (κ1) is 21.0.